The maximum atomic E-state index is 11.0. The lowest BCUT2D eigenvalue weighted by molar-refractivity contribution is -0.100. The third-order valence-corrected chi connectivity index (χ3v) is 5.12. The van der Waals surface area contributed by atoms with Gasteiger partial charge in [0.25, 0.3) is 0 Å². The van der Waals surface area contributed by atoms with Crippen molar-refractivity contribution in [1.82, 2.24) is 4.90 Å². The number of aliphatic hydroxyl groups is 1. The number of nitrogens with zero attached hydrogens (tertiary/aromatic N) is 1. The van der Waals surface area contributed by atoms with Crippen LogP contribution in [0.4, 0.5) is 0 Å². The summed E-state index contributed by atoms with van der Waals surface area (Å²) in [6.45, 7) is 7.40. The Morgan fingerprint density at radius 1 is 1.33 bits per heavy atom. The van der Waals surface area contributed by atoms with E-state index >= 15 is 0 Å². The molecule has 1 aromatic carbocycles. The Bertz CT molecular complexity index is 532. The molecule has 2 heterocycles. The van der Waals surface area contributed by atoms with Gasteiger partial charge < -0.3 is 9.84 Å². The van der Waals surface area contributed by atoms with Gasteiger partial charge in [0.05, 0.1) is 6.04 Å². The van der Waals surface area contributed by atoms with E-state index in [0.29, 0.717) is 11.1 Å². The first kappa shape index (κ1) is 15.1. The number of likely N-dealkylation sites (tertiary alicyclic amines) is 1. The minimum absolute atomic E-state index is 0.0428. The Labute approximate surface area is 131 Å². The van der Waals surface area contributed by atoms with Crippen LogP contribution in [0, 0.1) is 0 Å². The summed E-state index contributed by atoms with van der Waals surface area (Å²) in [6.07, 6.45) is 3.07. The third-order valence-electron chi connectivity index (χ3n) is 4.89. The molecule has 0 spiro atoms. The third kappa shape index (κ3) is 2.67. The Hall–Kier alpha value is -0.770. The zero-order valence-corrected chi connectivity index (χ0v) is 13.7. The molecule has 116 valence electrons. The van der Waals surface area contributed by atoms with E-state index in [1.54, 1.807) is 0 Å². The molecule has 21 heavy (non-hydrogen) atoms. The molecule has 1 N–H and O–H groups in total. The highest BCUT2D eigenvalue weighted by molar-refractivity contribution is 6.30. The predicted octanol–water partition coefficient (Wildman–Crippen LogP) is 3.79. The van der Waals surface area contributed by atoms with Crippen molar-refractivity contribution in [3.63, 3.8) is 0 Å². The molecule has 3 rings (SSSR count). The van der Waals surface area contributed by atoms with E-state index < -0.39 is 11.7 Å². The van der Waals surface area contributed by atoms with Crippen LogP contribution in [0.2, 0.25) is 5.02 Å². The molecule has 3 nitrogen and oxygen atoms in total. The number of benzene rings is 1. The Morgan fingerprint density at radius 3 is 2.81 bits per heavy atom. The van der Waals surface area contributed by atoms with Gasteiger partial charge in [0, 0.05) is 16.6 Å². The predicted molar refractivity (Wildman–Crippen MR) is 84.9 cm³/mol. The standard InChI is InChI=1S/C17H24ClNO2/c1-11-6-4-5-9-19(11)16-15(20)13-10-12(18)7-8-14(13)21-17(16,2)3/h7-8,10-11,15-16,20H,4-6,9H2,1-3H3. The number of rotatable bonds is 1. The molecule has 0 amide bonds. The lowest BCUT2D eigenvalue weighted by atomic mass is 9.83. The summed E-state index contributed by atoms with van der Waals surface area (Å²) in [4.78, 5) is 2.41. The molecule has 1 saturated heterocycles. The second-order valence-corrected chi connectivity index (χ2v) is 7.30. The van der Waals surface area contributed by atoms with Gasteiger partial charge >= 0.3 is 0 Å². The average molecular weight is 310 g/mol. The highest BCUT2D eigenvalue weighted by atomic mass is 35.5. The van der Waals surface area contributed by atoms with Crippen LogP contribution >= 0.6 is 11.6 Å². The molecule has 3 atom stereocenters. The maximum Gasteiger partial charge on any atom is 0.126 e. The van der Waals surface area contributed by atoms with Gasteiger partial charge in [-0.3, -0.25) is 4.90 Å². The van der Waals surface area contributed by atoms with E-state index in [-0.39, 0.29) is 6.04 Å². The highest BCUT2D eigenvalue weighted by Crippen LogP contribution is 2.44. The van der Waals surface area contributed by atoms with Crippen molar-refractivity contribution >= 4 is 11.6 Å². The first-order chi connectivity index (χ1) is 9.90. The number of hydrogen-bond acceptors (Lipinski definition) is 3. The van der Waals surface area contributed by atoms with Crippen molar-refractivity contribution in [3.8, 4) is 5.75 Å². The van der Waals surface area contributed by atoms with Crippen molar-refractivity contribution in [3.05, 3.63) is 28.8 Å². The normalized spacial score (nSPS) is 32.3. The second-order valence-electron chi connectivity index (χ2n) is 6.86. The summed E-state index contributed by atoms with van der Waals surface area (Å²) in [6, 6.07) is 5.94. The van der Waals surface area contributed by atoms with Crippen molar-refractivity contribution < 1.29 is 9.84 Å². The molecule has 2 aliphatic rings. The molecular formula is C17H24ClNO2. The zero-order valence-electron chi connectivity index (χ0n) is 13.0. The van der Waals surface area contributed by atoms with Crippen molar-refractivity contribution in [2.75, 3.05) is 6.54 Å². The largest absolute Gasteiger partial charge is 0.486 e. The summed E-state index contributed by atoms with van der Waals surface area (Å²) in [7, 11) is 0. The quantitative estimate of drug-likeness (QED) is 0.857. The van der Waals surface area contributed by atoms with E-state index in [1.165, 1.54) is 19.3 Å². The van der Waals surface area contributed by atoms with E-state index in [1.807, 2.05) is 18.2 Å². The van der Waals surface area contributed by atoms with Crippen LogP contribution in [0.1, 0.15) is 51.7 Å². The number of piperidine rings is 1. The fourth-order valence-corrected chi connectivity index (χ4v) is 4.03. The lowest BCUT2D eigenvalue weighted by Crippen LogP contribution is -2.61. The summed E-state index contributed by atoms with van der Waals surface area (Å²) in [5.41, 5.74) is 0.385. The Kier molecular flexibility index (Phi) is 3.93. The van der Waals surface area contributed by atoms with Gasteiger partial charge in [0.2, 0.25) is 0 Å². The van der Waals surface area contributed by atoms with Gasteiger partial charge in [-0.25, -0.2) is 0 Å². The molecule has 4 heteroatoms. The fraction of sp³-hybridized carbons (Fsp3) is 0.647. The molecule has 0 aliphatic carbocycles. The molecular weight excluding hydrogens is 286 g/mol. The number of aliphatic hydroxyl groups excluding tert-OH is 1. The van der Waals surface area contributed by atoms with Crippen LogP contribution in [-0.4, -0.2) is 34.2 Å². The van der Waals surface area contributed by atoms with E-state index in [0.717, 1.165) is 17.9 Å². The molecule has 0 saturated carbocycles. The number of hydrogen-bond donors (Lipinski definition) is 1. The highest BCUT2D eigenvalue weighted by Gasteiger charge is 2.47. The summed E-state index contributed by atoms with van der Waals surface area (Å²) >= 11 is 6.09. The number of fused-ring (bicyclic) bond motifs is 1. The minimum atomic E-state index is -0.567. The van der Waals surface area contributed by atoms with Gasteiger partial charge in [0.15, 0.2) is 0 Å². The van der Waals surface area contributed by atoms with Gasteiger partial charge in [-0.2, -0.15) is 0 Å². The summed E-state index contributed by atoms with van der Waals surface area (Å²) < 4.78 is 6.20. The molecule has 1 aromatic rings. The van der Waals surface area contributed by atoms with E-state index in [4.69, 9.17) is 16.3 Å². The van der Waals surface area contributed by atoms with Crippen LogP contribution in [-0.2, 0) is 0 Å². The van der Waals surface area contributed by atoms with Crippen molar-refractivity contribution in [1.29, 1.82) is 0 Å². The summed E-state index contributed by atoms with van der Waals surface area (Å²) in [5.74, 6) is 0.748. The molecule has 2 aliphatic heterocycles. The van der Waals surface area contributed by atoms with Crippen molar-refractivity contribution in [2.45, 2.75) is 63.8 Å². The topological polar surface area (TPSA) is 32.7 Å². The number of halogens is 1. The molecule has 0 radical (unpaired) electrons. The fourth-order valence-electron chi connectivity index (χ4n) is 3.85. The minimum Gasteiger partial charge on any atom is -0.486 e. The van der Waals surface area contributed by atoms with Gasteiger partial charge in [-0.15, -0.1) is 0 Å². The first-order valence-corrected chi connectivity index (χ1v) is 8.20. The monoisotopic (exact) mass is 309 g/mol. The SMILES string of the molecule is CC1CCCCN1C1C(O)c2cc(Cl)ccc2OC1(C)C. The van der Waals surface area contributed by atoms with E-state index in [9.17, 15) is 5.11 Å². The van der Waals surface area contributed by atoms with Crippen molar-refractivity contribution in [2.24, 2.45) is 0 Å². The molecule has 0 aromatic heterocycles. The second kappa shape index (κ2) is 5.45. The average Bonchev–Trinajstić information content (AvgIpc) is 2.41. The van der Waals surface area contributed by atoms with E-state index in [2.05, 4.69) is 25.7 Å². The van der Waals surface area contributed by atoms with Gasteiger partial charge in [-0.1, -0.05) is 18.0 Å². The van der Waals surface area contributed by atoms with Gasteiger partial charge in [-0.05, 0) is 58.4 Å². The molecule has 0 bridgehead atoms. The summed E-state index contributed by atoms with van der Waals surface area (Å²) in [5, 5.41) is 11.6. The smallest absolute Gasteiger partial charge is 0.126 e. The molecule has 3 unspecified atom stereocenters. The van der Waals surface area contributed by atoms with Crippen LogP contribution < -0.4 is 4.74 Å². The van der Waals surface area contributed by atoms with Crippen LogP contribution in [0.15, 0.2) is 18.2 Å². The number of ether oxygens (including phenoxy) is 1. The van der Waals surface area contributed by atoms with Crippen LogP contribution in [0.25, 0.3) is 0 Å². The zero-order chi connectivity index (χ0) is 15.2. The van der Waals surface area contributed by atoms with Crippen LogP contribution in [0.3, 0.4) is 0 Å². The molecule has 1 fully saturated rings. The Morgan fingerprint density at radius 2 is 2.10 bits per heavy atom. The first-order valence-electron chi connectivity index (χ1n) is 7.82. The maximum absolute atomic E-state index is 11.0. The van der Waals surface area contributed by atoms with Crippen LogP contribution in [0.5, 0.6) is 5.75 Å². The Balaban J connectivity index is 1.99. The lowest BCUT2D eigenvalue weighted by Gasteiger charge is -2.51. The van der Waals surface area contributed by atoms with Gasteiger partial charge in [0.1, 0.15) is 17.5 Å².